The third-order valence-electron chi connectivity index (χ3n) is 0. The molecule has 20 heteroatoms. The third kappa shape index (κ3) is 663. The fourth-order valence-corrected chi connectivity index (χ4v) is 0. The van der Waals surface area contributed by atoms with E-state index in [0.717, 1.165) is 0 Å². The Kier molecular flexibility index (Phi) is 56.4. The van der Waals surface area contributed by atoms with Gasteiger partial charge in [0.05, 0.1) is 0 Å². The third-order valence-corrected chi connectivity index (χ3v) is 0. The molecule has 0 aromatic rings. The predicted molar refractivity (Wildman–Crippen MR) is 50.5 cm³/mol. The van der Waals surface area contributed by atoms with Crippen LogP contribution in [0.1, 0.15) is 0 Å². The second kappa shape index (κ2) is 22.8. The van der Waals surface area contributed by atoms with Crippen LogP contribution < -0.4 is 74.8 Å². The maximum Gasteiger partial charge on any atom is 2.00 e. The van der Waals surface area contributed by atoms with Crippen LogP contribution >= 0.6 is 7.82 Å². The fraction of sp³-hybridized carbons (Fsp3) is 0. The van der Waals surface area contributed by atoms with Gasteiger partial charge >= 0.3 is 112 Å². The van der Waals surface area contributed by atoms with Crippen molar-refractivity contribution >= 4 is 89.4 Å². The molecule has 0 aromatic carbocycles. The van der Waals surface area contributed by atoms with Crippen LogP contribution in [-0.2, 0) is 25.4 Å². The Morgan fingerprint density at radius 2 is 0.850 bits per heavy atom. The van der Waals surface area contributed by atoms with Gasteiger partial charge < -0.3 is 51.4 Å². The van der Waals surface area contributed by atoms with Gasteiger partial charge in [0.25, 0.3) is 7.82 Å². The van der Waals surface area contributed by atoms with Crippen LogP contribution in [-0.4, -0.2) is 106 Å². The molecule has 0 amide bonds. The Morgan fingerprint density at radius 1 is 0.850 bits per heavy atom. The van der Waals surface area contributed by atoms with Crippen molar-refractivity contribution in [2.45, 2.75) is 0 Å². The van der Waals surface area contributed by atoms with E-state index < -0.39 is 28.6 Å². The molecule has 0 aliphatic heterocycles. The molecule has 0 saturated carbocycles. The first-order chi connectivity index (χ1) is 6.00. The molecule has 0 rings (SSSR count). The van der Waals surface area contributed by atoms with E-state index in [4.69, 9.17) is 54.3 Å². The monoisotopic (exact) mass is 445 g/mol. The number of phosphoric acid groups is 1. The normalized spacial score (nSPS) is 8.75. The molecule has 0 bridgehead atoms. The maximum absolute atomic E-state index is 8.77. The van der Waals surface area contributed by atoms with Crippen LogP contribution in [0.5, 0.6) is 0 Å². The average Bonchev–Trinajstić information content (AvgIpc) is 1.41. The van der Waals surface area contributed by atoms with E-state index >= 15 is 0 Å². The summed E-state index contributed by atoms with van der Waals surface area (Å²) in [6.07, 6.45) is 0. The van der Waals surface area contributed by atoms with E-state index in [1.165, 1.54) is 0 Å². The van der Waals surface area contributed by atoms with E-state index in [1.807, 2.05) is 0 Å². The molecule has 0 saturated heterocycles. The maximum atomic E-state index is 8.77. The van der Waals surface area contributed by atoms with Crippen LogP contribution in [0.15, 0.2) is 0 Å². The van der Waals surface area contributed by atoms with E-state index in [9.17, 15) is 0 Å². The molecule has 0 aliphatic rings. The van der Waals surface area contributed by atoms with Crippen LogP contribution in [0.4, 0.5) is 0 Å². The number of quaternary nitrogens is 1. The quantitative estimate of drug-likeness (QED) is 0.135. The minimum atomic E-state index is -5.17. The van der Waals surface area contributed by atoms with Crippen molar-refractivity contribution in [1.82, 2.24) is 6.15 Å². The number of rotatable bonds is 0. The Balaban J connectivity index is -0.0000000160. The van der Waals surface area contributed by atoms with Crippen LogP contribution in [0, 0.1) is 0 Å². The SMILES string of the molecule is O=P([O-])(O)O.O=S(=O)([O-])[O-].O=S(=O)([O-])[O-].[Ca+2].[Cl-].[K+].[Mg+2].[NH4+]. The molecule has 0 heterocycles. The molecule has 0 radical (unpaired) electrons. The topological polar surface area (TPSA) is 278 Å². The summed E-state index contributed by atoms with van der Waals surface area (Å²) in [7, 11) is -15.2. The largest absolute Gasteiger partial charge is 2.00 e. The second-order valence-corrected chi connectivity index (χ2v) is 3.92. The first-order valence-corrected chi connectivity index (χ1v) is 6.30. The summed E-state index contributed by atoms with van der Waals surface area (Å²) in [5, 5.41) is 0. The first-order valence-electron chi connectivity index (χ1n) is 2.10. The summed E-state index contributed by atoms with van der Waals surface area (Å²) < 4.78 is 76.9. The van der Waals surface area contributed by atoms with E-state index in [1.54, 1.807) is 0 Å². The Morgan fingerprint density at radius 3 is 0.850 bits per heavy atom. The molecule has 0 atom stereocenters. The predicted octanol–water partition coefficient (Wildman–Crippen LogP) is -10.6. The molecular weight excluding hydrogens is 440 g/mol. The minimum Gasteiger partial charge on any atom is -1.00 e. The Hall–Kier alpha value is 3.76. The Labute approximate surface area is 209 Å². The molecule has 112 valence electrons. The molecule has 0 unspecified atom stereocenters. The summed E-state index contributed by atoms with van der Waals surface area (Å²) >= 11 is 0. The summed E-state index contributed by atoms with van der Waals surface area (Å²) in [5.74, 6) is 0. The standard InChI is InChI=1S/Ca.ClH.K.Mg.H3N.H3O4P.2H2O4S/c;;;;;3*1-5(2,3)4/h;1H;;;1H3;(H3,1,2,3,4);2*(H2,1,2,3,4)/q+2;;+1;+2;;;;/p-5. The molecule has 13 nitrogen and oxygen atoms in total. The number of halogens is 1. The average molecular weight is 446 g/mol. The second-order valence-electron chi connectivity index (χ2n) is 1.31. The zero-order valence-corrected chi connectivity index (χ0v) is 20.1. The number of hydrogen-bond donors (Lipinski definition) is 3. The van der Waals surface area contributed by atoms with Crippen molar-refractivity contribution < 1.29 is 118 Å². The van der Waals surface area contributed by atoms with Crippen molar-refractivity contribution in [3.63, 3.8) is 0 Å². The van der Waals surface area contributed by atoms with E-state index in [-0.39, 0.29) is 131 Å². The summed E-state index contributed by atoms with van der Waals surface area (Å²) in [5.41, 5.74) is 0. The van der Waals surface area contributed by atoms with Crippen molar-refractivity contribution in [3.05, 3.63) is 0 Å². The van der Waals surface area contributed by atoms with Gasteiger partial charge in [0.1, 0.15) is 0 Å². The molecule has 6 N–H and O–H groups in total. The molecule has 0 aliphatic carbocycles. The van der Waals surface area contributed by atoms with Gasteiger partial charge in [-0.25, -0.2) is 0 Å². The van der Waals surface area contributed by atoms with Gasteiger partial charge in [0, 0.05) is 20.8 Å². The Bertz CT molecular complexity index is 349. The summed E-state index contributed by atoms with van der Waals surface area (Å²) in [6, 6.07) is 0. The summed E-state index contributed by atoms with van der Waals surface area (Å²) in [4.78, 5) is 22.9. The van der Waals surface area contributed by atoms with Crippen molar-refractivity contribution in [3.8, 4) is 0 Å². The van der Waals surface area contributed by atoms with Gasteiger partial charge in [0.15, 0.2) is 0 Å². The summed E-state index contributed by atoms with van der Waals surface area (Å²) in [6.45, 7) is 0. The molecule has 0 spiro atoms. The van der Waals surface area contributed by atoms with Gasteiger partial charge in [-0.3, -0.25) is 21.4 Å². The van der Waals surface area contributed by atoms with Crippen LogP contribution in [0.2, 0.25) is 0 Å². The van der Waals surface area contributed by atoms with Crippen LogP contribution in [0.3, 0.4) is 0 Å². The smallest absolute Gasteiger partial charge is 1.00 e. The van der Waals surface area contributed by atoms with Gasteiger partial charge in [-0.05, 0) is 0 Å². The number of hydrogen-bond acceptors (Lipinski definition) is 10. The molecule has 20 heavy (non-hydrogen) atoms. The molecule has 0 fully saturated rings. The van der Waals surface area contributed by atoms with Gasteiger partial charge in [-0.2, -0.15) is 0 Å². The van der Waals surface area contributed by atoms with Crippen LogP contribution in [0.25, 0.3) is 0 Å². The molecule has 0 aromatic heterocycles. The van der Waals surface area contributed by atoms with Crippen molar-refractivity contribution in [2.24, 2.45) is 0 Å². The van der Waals surface area contributed by atoms with Crippen molar-refractivity contribution in [1.29, 1.82) is 0 Å². The van der Waals surface area contributed by atoms with Crippen molar-refractivity contribution in [2.75, 3.05) is 0 Å². The zero-order valence-electron chi connectivity index (χ0n) is 10.0. The van der Waals surface area contributed by atoms with E-state index in [2.05, 4.69) is 0 Å². The minimum absolute atomic E-state index is 0. The van der Waals surface area contributed by atoms with Gasteiger partial charge in [0.2, 0.25) is 0 Å². The zero-order chi connectivity index (χ0) is 13.5. The molecular formula is H6CaClKMgNO12PS2. The fourth-order valence-electron chi connectivity index (χ4n) is 0. The van der Waals surface area contributed by atoms with Gasteiger partial charge in [-0.15, -0.1) is 0 Å². The van der Waals surface area contributed by atoms with Gasteiger partial charge in [-0.1, -0.05) is 0 Å². The van der Waals surface area contributed by atoms with E-state index in [0.29, 0.717) is 0 Å². The first kappa shape index (κ1) is 49.6.